The second-order valence-corrected chi connectivity index (χ2v) is 8.30. The van der Waals surface area contributed by atoms with Gasteiger partial charge in [-0.2, -0.15) is 0 Å². The van der Waals surface area contributed by atoms with Crippen molar-refractivity contribution in [3.05, 3.63) is 52.2 Å². The van der Waals surface area contributed by atoms with Crippen LogP contribution in [0.4, 0.5) is 9.39 Å². The molecular formula is C21H26FN3O3S. The number of benzene rings is 1. The number of thiophene rings is 1. The number of anilines is 1. The number of carbonyl (C=O) groups is 2. The molecule has 0 saturated carbocycles. The average molecular weight is 420 g/mol. The van der Waals surface area contributed by atoms with Crippen molar-refractivity contribution in [2.24, 2.45) is 0 Å². The van der Waals surface area contributed by atoms with Gasteiger partial charge in [-0.3, -0.25) is 14.6 Å². The van der Waals surface area contributed by atoms with E-state index in [4.69, 9.17) is 4.74 Å². The SMILES string of the molecule is CCOC(=O)c1cc(C)sc1NC(=O)CN1CCN(Cc2ccc(F)cc2)CC1. The van der Waals surface area contributed by atoms with E-state index < -0.39 is 5.97 Å². The maximum Gasteiger partial charge on any atom is 0.341 e. The van der Waals surface area contributed by atoms with Crippen molar-refractivity contribution < 1.29 is 18.7 Å². The van der Waals surface area contributed by atoms with Gasteiger partial charge < -0.3 is 10.1 Å². The largest absolute Gasteiger partial charge is 0.462 e. The number of amides is 1. The van der Waals surface area contributed by atoms with E-state index in [1.54, 1.807) is 25.1 Å². The molecule has 156 valence electrons. The Morgan fingerprint density at radius 2 is 1.79 bits per heavy atom. The van der Waals surface area contributed by atoms with Crippen molar-refractivity contribution >= 4 is 28.2 Å². The van der Waals surface area contributed by atoms with Crippen LogP contribution in [0.15, 0.2) is 30.3 Å². The Balaban J connectivity index is 1.48. The van der Waals surface area contributed by atoms with Crippen molar-refractivity contribution in [2.45, 2.75) is 20.4 Å². The predicted octanol–water partition coefficient (Wildman–Crippen LogP) is 3.13. The second kappa shape index (κ2) is 9.96. The number of piperazine rings is 1. The molecule has 8 heteroatoms. The van der Waals surface area contributed by atoms with E-state index in [0.29, 0.717) is 17.2 Å². The van der Waals surface area contributed by atoms with Crippen molar-refractivity contribution in [3.8, 4) is 0 Å². The third-order valence-corrected chi connectivity index (χ3v) is 5.72. The first-order valence-corrected chi connectivity index (χ1v) is 10.5. The monoisotopic (exact) mass is 419 g/mol. The fourth-order valence-corrected chi connectivity index (χ4v) is 4.21. The summed E-state index contributed by atoms with van der Waals surface area (Å²) in [5, 5.41) is 3.40. The number of aryl methyl sites for hydroxylation is 1. The Morgan fingerprint density at radius 3 is 2.45 bits per heavy atom. The van der Waals surface area contributed by atoms with Gasteiger partial charge in [0.15, 0.2) is 0 Å². The highest BCUT2D eigenvalue weighted by Crippen LogP contribution is 2.28. The van der Waals surface area contributed by atoms with Crippen LogP contribution in [0.5, 0.6) is 0 Å². The number of esters is 1. The lowest BCUT2D eigenvalue weighted by molar-refractivity contribution is -0.117. The van der Waals surface area contributed by atoms with Crippen LogP contribution in [0.25, 0.3) is 0 Å². The molecule has 0 aliphatic carbocycles. The Labute approximate surface area is 174 Å². The summed E-state index contributed by atoms with van der Waals surface area (Å²) in [4.78, 5) is 29.9. The standard InChI is InChI=1S/C21H26FN3O3S/c1-3-28-21(27)18-12-15(2)29-20(18)23-19(26)14-25-10-8-24(9-11-25)13-16-4-6-17(22)7-5-16/h4-7,12H,3,8-11,13-14H2,1-2H3,(H,23,26). The number of carbonyl (C=O) groups excluding carboxylic acids is 2. The molecule has 1 N–H and O–H groups in total. The van der Waals surface area contributed by atoms with E-state index in [0.717, 1.165) is 43.2 Å². The molecule has 0 unspecified atom stereocenters. The molecule has 29 heavy (non-hydrogen) atoms. The molecule has 6 nitrogen and oxygen atoms in total. The Hall–Kier alpha value is -2.29. The molecule has 3 rings (SSSR count). The van der Waals surface area contributed by atoms with Gasteiger partial charge in [-0.05, 0) is 37.6 Å². The molecule has 1 saturated heterocycles. The summed E-state index contributed by atoms with van der Waals surface area (Å²) in [7, 11) is 0. The van der Waals surface area contributed by atoms with Crippen molar-refractivity contribution in [2.75, 3.05) is 44.6 Å². The van der Waals surface area contributed by atoms with E-state index in [2.05, 4.69) is 15.1 Å². The number of ether oxygens (including phenoxy) is 1. The molecule has 0 bridgehead atoms. The first-order valence-electron chi connectivity index (χ1n) is 9.71. The molecule has 0 radical (unpaired) electrons. The maximum absolute atomic E-state index is 13.0. The molecule has 1 aliphatic rings. The van der Waals surface area contributed by atoms with Gasteiger partial charge in [-0.1, -0.05) is 12.1 Å². The van der Waals surface area contributed by atoms with Gasteiger partial charge in [-0.25, -0.2) is 9.18 Å². The average Bonchev–Trinajstić information content (AvgIpc) is 3.05. The van der Waals surface area contributed by atoms with Crippen LogP contribution in [-0.2, 0) is 16.1 Å². The summed E-state index contributed by atoms with van der Waals surface area (Å²) in [5.74, 6) is -0.775. The first-order chi connectivity index (χ1) is 13.9. The minimum absolute atomic E-state index is 0.135. The van der Waals surface area contributed by atoms with Gasteiger partial charge in [-0.15, -0.1) is 11.3 Å². The van der Waals surface area contributed by atoms with Crippen LogP contribution in [0, 0.1) is 12.7 Å². The highest BCUT2D eigenvalue weighted by atomic mass is 32.1. The van der Waals surface area contributed by atoms with Gasteiger partial charge in [0.1, 0.15) is 10.8 Å². The highest BCUT2D eigenvalue weighted by molar-refractivity contribution is 7.16. The number of halogens is 1. The summed E-state index contributed by atoms with van der Waals surface area (Å²) in [6.45, 7) is 8.25. The summed E-state index contributed by atoms with van der Waals surface area (Å²) in [6, 6.07) is 8.31. The number of rotatable bonds is 7. The van der Waals surface area contributed by atoms with Gasteiger partial charge in [0.2, 0.25) is 5.91 Å². The third-order valence-electron chi connectivity index (χ3n) is 4.76. The highest BCUT2D eigenvalue weighted by Gasteiger charge is 2.21. The fourth-order valence-electron chi connectivity index (χ4n) is 3.29. The van der Waals surface area contributed by atoms with Gasteiger partial charge in [0, 0.05) is 37.6 Å². The van der Waals surface area contributed by atoms with Gasteiger partial charge in [0.25, 0.3) is 0 Å². The molecule has 2 heterocycles. The lowest BCUT2D eigenvalue weighted by Gasteiger charge is -2.34. The number of nitrogens with one attached hydrogen (secondary N) is 1. The van der Waals surface area contributed by atoms with Crippen LogP contribution in [0.3, 0.4) is 0 Å². The third kappa shape index (κ3) is 6.09. The van der Waals surface area contributed by atoms with E-state index in [1.165, 1.54) is 23.5 Å². The second-order valence-electron chi connectivity index (χ2n) is 7.05. The van der Waals surface area contributed by atoms with Gasteiger partial charge >= 0.3 is 5.97 Å². The lowest BCUT2D eigenvalue weighted by atomic mass is 10.2. The normalized spacial score (nSPS) is 15.3. The summed E-state index contributed by atoms with van der Waals surface area (Å²) in [6.07, 6.45) is 0. The molecule has 1 amide bonds. The van der Waals surface area contributed by atoms with Crippen LogP contribution in [-0.4, -0.2) is 61.0 Å². The first kappa shape index (κ1) is 21.4. The summed E-state index contributed by atoms with van der Waals surface area (Å²) < 4.78 is 18.1. The Morgan fingerprint density at radius 1 is 1.14 bits per heavy atom. The van der Waals surface area contributed by atoms with E-state index in [1.807, 2.05) is 6.92 Å². The Kier molecular flexibility index (Phi) is 7.35. The zero-order valence-corrected chi connectivity index (χ0v) is 17.6. The quantitative estimate of drug-likeness (QED) is 0.699. The van der Waals surface area contributed by atoms with Crippen molar-refractivity contribution in [1.82, 2.24) is 9.80 Å². The molecule has 1 aromatic heterocycles. The fraction of sp³-hybridized carbons (Fsp3) is 0.429. The predicted molar refractivity (Wildman–Crippen MR) is 112 cm³/mol. The number of nitrogens with zero attached hydrogens (tertiary/aromatic N) is 2. The summed E-state index contributed by atoms with van der Waals surface area (Å²) >= 11 is 1.38. The van der Waals surface area contributed by atoms with Crippen LogP contribution in [0.1, 0.15) is 27.7 Å². The maximum atomic E-state index is 13.0. The molecule has 2 aromatic rings. The number of hydrogen-bond donors (Lipinski definition) is 1. The Bertz CT molecular complexity index is 845. The van der Waals surface area contributed by atoms with Crippen LogP contribution < -0.4 is 5.32 Å². The summed E-state index contributed by atoms with van der Waals surface area (Å²) in [5.41, 5.74) is 1.49. The molecule has 1 aromatic carbocycles. The van der Waals surface area contributed by atoms with Crippen molar-refractivity contribution in [1.29, 1.82) is 0 Å². The molecule has 0 spiro atoms. The smallest absolute Gasteiger partial charge is 0.341 e. The van der Waals surface area contributed by atoms with Crippen molar-refractivity contribution in [3.63, 3.8) is 0 Å². The minimum atomic E-state index is -0.415. The molecular weight excluding hydrogens is 393 g/mol. The van der Waals surface area contributed by atoms with E-state index in [9.17, 15) is 14.0 Å². The lowest BCUT2D eigenvalue weighted by Crippen LogP contribution is -2.48. The minimum Gasteiger partial charge on any atom is -0.462 e. The van der Waals surface area contributed by atoms with Crippen LogP contribution in [0.2, 0.25) is 0 Å². The molecule has 0 atom stereocenters. The number of hydrogen-bond acceptors (Lipinski definition) is 6. The molecule has 1 aliphatic heterocycles. The molecule has 1 fully saturated rings. The van der Waals surface area contributed by atoms with E-state index in [-0.39, 0.29) is 18.3 Å². The van der Waals surface area contributed by atoms with Gasteiger partial charge in [0.05, 0.1) is 18.7 Å². The van der Waals surface area contributed by atoms with E-state index >= 15 is 0 Å². The zero-order chi connectivity index (χ0) is 20.8. The zero-order valence-electron chi connectivity index (χ0n) is 16.7. The topological polar surface area (TPSA) is 61.9 Å². The van der Waals surface area contributed by atoms with Crippen LogP contribution >= 0.6 is 11.3 Å².